The standard InChI is InChI=1S/C19H26N2O3/c20-14-5-1-4-13(12-14)19(22)21-9-3-7-16(21)15-6-2-8-17-18(15)24-11-10-23-17/h2,6,8,13-14,16H,1,3-5,7,9-12,20H2. The normalized spacial score (nSPS) is 29.5. The summed E-state index contributed by atoms with van der Waals surface area (Å²) < 4.78 is 11.6. The van der Waals surface area contributed by atoms with E-state index in [-0.39, 0.29) is 23.9 Å². The van der Waals surface area contributed by atoms with Crippen molar-refractivity contribution in [2.24, 2.45) is 11.7 Å². The van der Waals surface area contributed by atoms with Crippen LogP contribution in [0.25, 0.3) is 0 Å². The van der Waals surface area contributed by atoms with Gasteiger partial charge in [-0.05, 0) is 38.2 Å². The molecule has 1 aliphatic carbocycles. The van der Waals surface area contributed by atoms with Gasteiger partial charge in [-0.15, -0.1) is 0 Å². The predicted molar refractivity (Wildman–Crippen MR) is 91.1 cm³/mol. The fourth-order valence-electron chi connectivity index (χ4n) is 4.40. The molecule has 2 N–H and O–H groups in total. The summed E-state index contributed by atoms with van der Waals surface area (Å²) in [5.41, 5.74) is 7.19. The Balaban J connectivity index is 1.58. The van der Waals surface area contributed by atoms with E-state index in [0.29, 0.717) is 13.2 Å². The Bertz CT molecular complexity index is 619. The Morgan fingerprint density at radius 2 is 2.00 bits per heavy atom. The van der Waals surface area contributed by atoms with Crippen molar-refractivity contribution in [2.75, 3.05) is 19.8 Å². The number of para-hydroxylation sites is 1. The smallest absolute Gasteiger partial charge is 0.226 e. The van der Waals surface area contributed by atoms with Gasteiger partial charge in [-0.2, -0.15) is 0 Å². The number of ether oxygens (including phenoxy) is 2. The lowest BCUT2D eigenvalue weighted by Gasteiger charge is -2.33. The second-order valence-corrected chi connectivity index (χ2v) is 7.18. The summed E-state index contributed by atoms with van der Waals surface area (Å²) in [5.74, 6) is 2.00. The van der Waals surface area contributed by atoms with E-state index in [1.54, 1.807) is 0 Å². The quantitative estimate of drug-likeness (QED) is 0.905. The van der Waals surface area contributed by atoms with E-state index in [2.05, 4.69) is 11.0 Å². The molecule has 2 aliphatic heterocycles. The molecule has 1 saturated heterocycles. The minimum atomic E-state index is 0.0889. The van der Waals surface area contributed by atoms with E-state index in [4.69, 9.17) is 15.2 Å². The molecule has 24 heavy (non-hydrogen) atoms. The highest BCUT2D eigenvalue weighted by Crippen LogP contribution is 2.43. The average Bonchev–Trinajstić information content (AvgIpc) is 3.10. The molecule has 1 amide bonds. The Morgan fingerprint density at radius 3 is 2.88 bits per heavy atom. The molecule has 3 atom stereocenters. The number of carbonyl (C=O) groups is 1. The molecule has 0 radical (unpaired) electrons. The number of hydrogen-bond donors (Lipinski definition) is 1. The van der Waals surface area contributed by atoms with Gasteiger partial charge in [-0.25, -0.2) is 0 Å². The molecule has 0 spiro atoms. The van der Waals surface area contributed by atoms with Crippen molar-refractivity contribution >= 4 is 5.91 Å². The first-order chi connectivity index (χ1) is 11.7. The van der Waals surface area contributed by atoms with Gasteiger partial charge in [0.2, 0.25) is 5.91 Å². The van der Waals surface area contributed by atoms with Gasteiger partial charge in [0.25, 0.3) is 0 Å². The van der Waals surface area contributed by atoms with Crippen molar-refractivity contribution < 1.29 is 14.3 Å². The highest BCUT2D eigenvalue weighted by Gasteiger charge is 2.37. The predicted octanol–water partition coefficient (Wildman–Crippen LogP) is 2.64. The summed E-state index contributed by atoms with van der Waals surface area (Å²) >= 11 is 0. The Hall–Kier alpha value is -1.75. The number of fused-ring (bicyclic) bond motifs is 1. The lowest BCUT2D eigenvalue weighted by atomic mass is 9.85. The van der Waals surface area contributed by atoms with Crippen LogP contribution in [-0.2, 0) is 4.79 Å². The summed E-state index contributed by atoms with van der Waals surface area (Å²) in [6, 6.07) is 6.30. The highest BCUT2D eigenvalue weighted by atomic mass is 16.6. The molecule has 2 heterocycles. The van der Waals surface area contributed by atoms with Crippen molar-refractivity contribution in [2.45, 2.75) is 50.6 Å². The van der Waals surface area contributed by atoms with Crippen LogP contribution < -0.4 is 15.2 Å². The summed E-state index contributed by atoms with van der Waals surface area (Å²) in [6.45, 7) is 1.99. The summed E-state index contributed by atoms with van der Waals surface area (Å²) in [7, 11) is 0. The van der Waals surface area contributed by atoms with Crippen molar-refractivity contribution in [3.63, 3.8) is 0 Å². The molecule has 3 aliphatic rings. The molecule has 0 bridgehead atoms. The van der Waals surface area contributed by atoms with Crippen molar-refractivity contribution in [1.82, 2.24) is 4.90 Å². The van der Waals surface area contributed by atoms with Gasteiger partial charge in [0, 0.05) is 24.1 Å². The third kappa shape index (κ3) is 2.86. The maximum atomic E-state index is 13.1. The highest BCUT2D eigenvalue weighted by molar-refractivity contribution is 5.80. The van der Waals surface area contributed by atoms with Gasteiger partial charge < -0.3 is 20.1 Å². The number of nitrogens with zero attached hydrogens (tertiary/aromatic N) is 1. The maximum absolute atomic E-state index is 13.1. The minimum Gasteiger partial charge on any atom is -0.486 e. The lowest BCUT2D eigenvalue weighted by Crippen LogP contribution is -2.40. The average molecular weight is 330 g/mol. The van der Waals surface area contributed by atoms with Crippen LogP contribution in [0.3, 0.4) is 0 Å². The molecule has 3 unspecified atom stereocenters. The van der Waals surface area contributed by atoms with E-state index < -0.39 is 0 Å². The molecule has 1 aromatic carbocycles. The molecule has 130 valence electrons. The number of amides is 1. The van der Waals surface area contributed by atoms with Gasteiger partial charge in [-0.1, -0.05) is 18.6 Å². The van der Waals surface area contributed by atoms with Gasteiger partial charge in [-0.3, -0.25) is 4.79 Å². The fourth-order valence-corrected chi connectivity index (χ4v) is 4.40. The molecule has 4 rings (SSSR count). The Kier molecular flexibility index (Phi) is 4.35. The van der Waals surface area contributed by atoms with Crippen molar-refractivity contribution in [1.29, 1.82) is 0 Å². The van der Waals surface area contributed by atoms with Gasteiger partial charge in [0.05, 0.1) is 6.04 Å². The first-order valence-corrected chi connectivity index (χ1v) is 9.18. The number of hydrogen-bond acceptors (Lipinski definition) is 4. The van der Waals surface area contributed by atoms with Crippen LogP contribution >= 0.6 is 0 Å². The molecule has 1 aromatic rings. The number of likely N-dealkylation sites (tertiary alicyclic amines) is 1. The van der Waals surface area contributed by atoms with Gasteiger partial charge in [0.15, 0.2) is 11.5 Å². The molecule has 5 heteroatoms. The minimum absolute atomic E-state index is 0.0889. The van der Waals surface area contributed by atoms with Crippen molar-refractivity contribution in [3.8, 4) is 11.5 Å². The molecule has 5 nitrogen and oxygen atoms in total. The fraction of sp³-hybridized carbons (Fsp3) is 0.632. The molecule has 1 saturated carbocycles. The van der Waals surface area contributed by atoms with Crippen LogP contribution in [0.15, 0.2) is 18.2 Å². The SMILES string of the molecule is NC1CCCC(C(=O)N2CCCC2c2cccc3c2OCCO3)C1. The number of benzene rings is 1. The van der Waals surface area contributed by atoms with Gasteiger partial charge >= 0.3 is 0 Å². The van der Waals surface area contributed by atoms with E-state index in [1.165, 1.54) is 0 Å². The van der Waals surface area contributed by atoms with Crippen LogP contribution in [0.1, 0.15) is 50.1 Å². The molecular weight excluding hydrogens is 304 g/mol. The van der Waals surface area contributed by atoms with Crippen LogP contribution in [0, 0.1) is 5.92 Å². The number of nitrogens with two attached hydrogens (primary N) is 1. The third-order valence-corrected chi connectivity index (χ3v) is 5.56. The molecule has 2 fully saturated rings. The Labute approximate surface area is 143 Å². The van der Waals surface area contributed by atoms with E-state index >= 15 is 0 Å². The summed E-state index contributed by atoms with van der Waals surface area (Å²) in [5, 5.41) is 0. The van der Waals surface area contributed by atoms with Gasteiger partial charge in [0.1, 0.15) is 13.2 Å². The van der Waals surface area contributed by atoms with Crippen LogP contribution in [0.4, 0.5) is 0 Å². The zero-order valence-corrected chi connectivity index (χ0v) is 14.1. The largest absolute Gasteiger partial charge is 0.486 e. The lowest BCUT2D eigenvalue weighted by molar-refractivity contribution is -0.137. The Morgan fingerprint density at radius 1 is 1.12 bits per heavy atom. The van der Waals surface area contributed by atoms with E-state index in [9.17, 15) is 4.79 Å². The molecular formula is C19H26N2O3. The molecule has 0 aromatic heterocycles. The zero-order valence-electron chi connectivity index (χ0n) is 14.1. The van der Waals surface area contributed by atoms with Crippen LogP contribution in [0.2, 0.25) is 0 Å². The zero-order chi connectivity index (χ0) is 16.5. The summed E-state index contributed by atoms with van der Waals surface area (Å²) in [4.78, 5) is 15.2. The first kappa shape index (κ1) is 15.8. The second-order valence-electron chi connectivity index (χ2n) is 7.18. The number of rotatable bonds is 2. The number of carbonyl (C=O) groups excluding carboxylic acids is 1. The first-order valence-electron chi connectivity index (χ1n) is 9.18. The topological polar surface area (TPSA) is 64.8 Å². The summed E-state index contributed by atoms with van der Waals surface area (Å²) in [6.07, 6.45) is 5.94. The maximum Gasteiger partial charge on any atom is 0.226 e. The monoisotopic (exact) mass is 330 g/mol. The second kappa shape index (κ2) is 6.63. The third-order valence-electron chi connectivity index (χ3n) is 5.56. The van der Waals surface area contributed by atoms with E-state index in [0.717, 1.165) is 62.1 Å². The van der Waals surface area contributed by atoms with Crippen LogP contribution in [0.5, 0.6) is 11.5 Å². The van der Waals surface area contributed by atoms with E-state index in [1.807, 2.05) is 12.1 Å². The van der Waals surface area contributed by atoms with Crippen LogP contribution in [-0.4, -0.2) is 36.6 Å². The van der Waals surface area contributed by atoms with Crippen molar-refractivity contribution in [3.05, 3.63) is 23.8 Å².